The Labute approximate surface area is 139 Å². The number of hydrogen-bond donors (Lipinski definition) is 1. The van der Waals surface area contributed by atoms with Gasteiger partial charge in [0.15, 0.2) is 0 Å². The molecule has 2 aromatic rings. The number of likely N-dealkylation sites (tertiary alicyclic amines) is 1. The average molecular weight is 309 g/mol. The lowest BCUT2D eigenvalue weighted by molar-refractivity contribution is 0.200. The van der Waals surface area contributed by atoms with Crippen LogP contribution in [0.15, 0.2) is 54.7 Å². The van der Waals surface area contributed by atoms with Crippen molar-refractivity contribution in [1.29, 1.82) is 0 Å². The van der Waals surface area contributed by atoms with E-state index in [9.17, 15) is 0 Å². The molecule has 122 valence electrons. The number of nitrogens with one attached hydrogen (secondary N) is 1. The van der Waals surface area contributed by atoms with Gasteiger partial charge in [-0.15, -0.1) is 0 Å². The minimum absolute atomic E-state index is 0.673. The molecule has 0 bridgehead atoms. The molecule has 3 nitrogen and oxygen atoms in total. The summed E-state index contributed by atoms with van der Waals surface area (Å²) in [5, 5.41) is 3.70. The molecule has 23 heavy (non-hydrogen) atoms. The van der Waals surface area contributed by atoms with Crippen LogP contribution in [0.3, 0.4) is 0 Å². The van der Waals surface area contributed by atoms with Gasteiger partial charge in [0.25, 0.3) is 0 Å². The monoisotopic (exact) mass is 309 g/mol. The lowest BCUT2D eigenvalue weighted by Gasteiger charge is -2.32. The number of piperidine rings is 1. The Balaban J connectivity index is 1.31. The van der Waals surface area contributed by atoms with Crippen LogP contribution in [-0.4, -0.2) is 42.1 Å². The summed E-state index contributed by atoms with van der Waals surface area (Å²) < 4.78 is 0. The fraction of sp³-hybridized carbons (Fsp3) is 0.450. The molecule has 1 fully saturated rings. The Hall–Kier alpha value is -1.71. The molecular formula is C20H27N3. The number of nitrogens with zero attached hydrogens (tertiary/aromatic N) is 2. The highest BCUT2D eigenvalue weighted by Crippen LogP contribution is 2.11. The molecule has 0 saturated carbocycles. The maximum absolute atomic E-state index is 4.38. The van der Waals surface area contributed by atoms with Gasteiger partial charge in [-0.2, -0.15) is 0 Å². The molecule has 0 spiro atoms. The first kappa shape index (κ1) is 16.2. The first-order valence-electron chi connectivity index (χ1n) is 8.80. The van der Waals surface area contributed by atoms with Gasteiger partial charge in [0.2, 0.25) is 0 Å². The van der Waals surface area contributed by atoms with E-state index in [1.54, 1.807) is 0 Å². The van der Waals surface area contributed by atoms with Crippen LogP contribution in [0.5, 0.6) is 0 Å². The third-order valence-electron chi connectivity index (χ3n) is 4.69. The van der Waals surface area contributed by atoms with Crippen molar-refractivity contribution in [2.45, 2.75) is 31.7 Å². The van der Waals surface area contributed by atoms with Crippen LogP contribution < -0.4 is 5.32 Å². The second-order valence-electron chi connectivity index (χ2n) is 6.38. The van der Waals surface area contributed by atoms with Crippen molar-refractivity contribution in [3.63, 3.8) is 0 Å². The molecule has 0 radical (unpaired) electrons. The molecule has 1 aliphatic rings. The number of aromatic nitrogens is 1. The highest BCUT2D eigenvalue weighted by molar-refractivity contribution is 5.14. The van der Waals surface area contributed by atoms with E-state index in [0.717, 1.165) is 13.0 Å². The molecule has 0 unspecified atom stereocenters. The number of hydrogen-bond acceptors (Lipinski definition) is 3. The summed E-state index contributed by atoms with van der Waals surface area (Å²) in [7, 11) is 0. The topological polar surface area (TPSA) is 28.2 Å². The van der Waals surface area contributed by atoms with Gasteiger partial charge in [-0.3, -0.25) is 4.98 Å². The molecule has 1 N–H and O–H groups in total. The minimum Gasteiger partial charge on any atom is -0.313 e. The highest BCUT2D eigenvalue weighted by Gasteiger charge is 2.18. The molecule has 3 rings (SSSR count). The van der Waals surface area contributed by atoms with Crippen LogP contribution >= 0.6 is 0 Å². The van der Waals surface area contributed by atoms with E-state index >= 15 is 0 Å². The average Bonchev–Trinajstić information content (AvgIpc) is 2.63. The van der Waals surface area contributed by atoms with Gasteiger partial charge in [-0.25, -0.2) is 0 Å². The summed E-state index contributed by atoms with van der Waals surface area (Å²) in [6.45, 7) is 4.65. The van der Waals surface area contributed by atoms with Crippen molar-refractivity contribution in [3.8, 4) is 0 Å². The predicted octanol–water partition coefficient (Wildman–Crippen LogP) is 2.92. The van der Waals surface area contributed by atoms with E-state index in [1.165, 1.54) is 50.2 Å². The van der Waals surface area contributed by atoms with E-state index in [1.807, 2.05) is 12.3 Å². The van der Waals surface area contributed by atoms with Crippen molar-refractivity contribution in [2.75, 3.05) is 26.2 Å². The Morgan fingerprint density at radius 3 is 2.48 bits per heavy atom. The first-order chi connectivity index (χ1) is 11.4. The second-order valence-corrected chi connectivity index (χ2v) is 6.38. The SMILES string of the molecule is c1ccc(CCN2CCC(NCCc3ccccn3)CC2)cc1. The van der Waals surface area contributed by atoms with Crippen LogP contribution in [0.2, 0.25) is 0 Å². The van der Waals surface area contributed by atoms with Gasteiger partial charge >= 0.3 is 0 Å². The van der Waals surface area contributed by atoms with Gasteiger partial charge in [-0.1, -0.05) is 36.4 Å². The van der Waals surface area contributed by atoms with E-state index in [2.05, 4.69) is 57.7 Å². The Bertz CT molecular complexity index is 548. The molecule has 1 aromatic heterocycles. The lowest BCUT2D eigenvalue weighted by Crippen LogP contribution is -2.43. The first-order valence-corrected chi connectivity index (χ1v) is 8.80. The summed E-state index contributed by atoms with van der Waals surface area (Å²) >= 11 is 0. The van der Waals surface area contributed by atoms with Crippen LogP contribution in [0, 0.1) is 0 Å². The van der Waals surface area contributed by atoms with Crippen molar-refractivity contribution >= 4 is 0 Å². The van der Waals surface area contributed by atoms with Gasteiger partial charge < -0.3 is 10.2 Å². The van der Waals surface area contributed by atoms with Gasteiger partial charge in [0.05, 0.1) is 0 Å². The highest BCUT2D eigenvalue weighted by atomic mass is 15.1. The zero-order chi connectivity index (χ0) is 15.7. The van der Waals surface area contributed by atoms with E-state index in [4.69, 9.17) is 0 Å². The summed E-state index contributed by atoms with van der Waals surface area (Å²) in [4.78, 5) is 6.98. The van der Waals surface area contributed by atoms with E-state index in [0.29, 0.717) is 6.04 Å². The van der Waals surface area contributed by atoms with Gasteiger partial charge in [0, 0.05) is 37.4 Å². The Morgan fingerprint density at radius 1 is 0.957 bits per heavy atom. The molecule has 1 saturated heterocycles. The van der Waals surface area contributed by atoms with Crippen LogP contribution in [-0.2, 0) is 12.8 Å². The standard InChI is InChI=1S/C20H27N3/c1-2-6-18(7-3-1)10-15-23-16-11-20(12-17-23)22-14-9-19-8-4-5-13-21-19/h1-8,13,20,22H,9-12,14-17H2. The molecule has 3 heteroatoms. The molecule has 1 aromatic carbocycles. The third kappa shape index (κ3) is 5.45. The largest absolute Gasteiger partial charge is 0.313 e. The van der Waals surface area contributed by atoms with Crippen molar-refractivity contribution < 1.29 is 0 Å². The molecule has 0 aliphatic carbocycles. The van der Waals surface area contributed by atoms with Crippen LogP contribution in [0.25, 0.3) is 0 Å². The molecule has 0 atom stereocenters. The van der Waals surface area contributed by atoms with Gasteiger partial charge in [-0.05, 0) is 50.0 Å². The van der Waals surface area contributed by atoms with E-state index in [-0.39, 0.29) is 0 Å². The summed E-state index contributed by atoms with van der Waals surface area (Å²) in [5.74, 6) is 0. The van der Waals surface area contributed by atoms with Crippen molar-refractivity contribution in [2.24, 2.45) is 0 Å². The van der Waals surface area contributed by atoms with Crippen molar-refractivity contribution in [3.05, 3.63) is 66.0 Å². The smallest absolute Gasteiger partial charge is 0.0416 e. The lowest BCUT2D eigenvalue weighted by atomic mass is 10.0. The predicted molar refractivity (Wildman–Crippen MR) is 95.6 cm³/mol. The number of benzene rings is 1. The van der Waals surface area contributed by atoms with E-state index < -0.39 is 0 Å². The summed E-state index contributed by atoms with van der Waals surface area (Å²) in [6.07, 6.45) is 6.59. The zero-order valence-electron chi connectivity index (χ0n) is 13.8. The molecule has 2 heterocycles. The van der Waals surface area contributed by atoms with Crippen LogP contribution in [0.4, 0.5) is 0 Å². The molecule has 1 aliphatic heterocycles. The molecule has 0 amide bonds. The fourth-order valence-corrected chi connectivity index (χ4v) is 3.24. The minimum atomic E-state index is 0.673. The number of rotatable bonds is 7. The normalized spacial score (nSPS) is 16.5. The summed E-state index contributed by atoms with van der Waals surface area (Å²) in [5.41, 5.74) is 2.63. The quantitative estimate of drug-likeness (QED) is 0.852. The maximum atomic E-state index is 4.38. The second kappa shape index (κ2) is 8.80. The number of pyridine rings is 1. The summed E-state index contributed by atoms with van der Waals surface area (Å²) in [6, 6.07) is 17.6. The zero-order valence-corrected chi connectivity index (χ0v) is 13.8. The molecular weight excluding hydrogens is 282 g/mol. The van der Waals surface area contributed by atoms with Gasteiger partial charge in [0.1, 0.15) is 0 Å². The third-order valence-corrected chi connectivity index (χ3v) is 4.69. The Morgan fingerprint density at radius 2 is 1.74 bits per heavy atom. The fourth-order valence-electron chi connectivity index (χ4n) is 3.24. The van der Waals surface area contributed by atoms with Crippen molar-refractivity contribution in [1.82, 2.24) is 15.2 Å². The Kier molecular flexibility index (Phi) is 6.18. The maximum Gasteiger partial charge on any atom is 0.0416 e. The van der Waals surface area contributed by atoms with Crippen LogP contribution in [0.1, 0.15) is 24.1 Å².